The first-order valence-electron chi connectivity index (χ1n) is 9.30. The van der Waals surface area contributed by atoms with Crippen molar-refractivity contribution in [3.05, 3.63) is 52.5 Å². The summed E-state index contributed by atoms with van der Waals surface area (Å²) in [5.41, 5.74) is 1.01. The van der Waals surface area contributed by atoms with E-state index in [2.05, 4.69) is 4.90 Å². The van der Waals surface area contributed by atoms with Gasteiger partial charge in [0.25, 0.3) is 0 Å². The first-order chi connectivity index (χ1) is 14.2. The minimum atomic E-state index is -3.86. The van der Waals surface area contributed by atoms with Gasteiger partial charge in [0.2, 0.25) is 15.9 Å². The van der Waals surface area contributed by atoms with Gasteiger partial charge in [0.15, 0.2) is 0 Å². The molecule has 0 spiro atoms. The molecule has 0 aliphatic carbocycles. The molecule has 0 N–H and O–H groups in total. The van der Waals surface area contributed by atoms with Crippen molar-refractivity contribution in [2.75, 3.05) is 51.8 Å². The molecule has 1 aliphatic rings. The summed E-state index contributed by atoms with van der Waals surface area (Å²) in [6.07, 6.45) is 0. The van der Waals surface area contributed by atoms with Crippen LogP contribution in [-0.2, 0) is 14.8 Å². The monoisotopic (exact) mass is 471 g/mol. The quantitative estimate of drug-likeness (QED) is 0.647. The second kappa shape index (κ2) is 9.43. The zero-order valence-electron chi connectivity index (χ0n) is 16.7. The summed E-state index contributed by atoms with van der Waals surface area (Å²) in [7, 11) is -1.02. The average molecular weight is 472 g/mol. The highest BCUT2D eigenvalue weighted by molar-refractivity contribution is 7.89. The van der Waals surface area contributed by atoms with Crippen LogP contribution in [0.4, 0.5) is 5.69 Å². The number of carbonyl (C=O) groups excluding carboxylic acids is 1. The summed E-state index contributed by atoms with van der Waals surface area (Å²) >= 11 is 12.1. The van der Waals surface area contributed by atoms with Gasteiger partial charge in [-0.05, 0) is 36.4 Å². The van der Waals surface area contributed by atoms with Crippen molar-refractivity contribution in [2.24, 2.45) is 0 Å². The van der Waals surface area contributed by atoms with Gasteiger partial charge in [-0.2, -0.15) is 4.31 Å². The average Bonchev–Trinajstić information content (AvgIpc) is 2.73. The Hall–Kier alpha value is -2.00. The first kappa shape index (κ1) is 22.7. The van der Waals surface area contributed by atoms with Gasteiger partial charge < -0.3 is 14.5 Å². The third-order valence-corrected chi connectivity index (χ3v) is 7.32. The molecule has 3 rings (SSSR count). The van der Waals surface area contributed by atoms with Crippen LogP contribution in [0.25, 0.3) is 0 Å². The highest BCUT2D eigenvalue weighted by atomic mass is 35.5. The molecular weight excluding hydrogens is 449 g/mol. The van der Waals surface area contributed by atoms with E-state index in [0.717, 1.165) is 9.99 Å². The molecule has 0 atom stereocenters. The van der Waals surface area contributed by atoms with Gasteiger partial charge in [0, 0.05) is 43.9 Å². The van der Waals surface area contributed by atoms with Crippen molar-refractivity contribution in [1.29, 1.82) is 0 Å². The number of halogens is 2. The van der Waals surface area contributed by atoms with Gasteiger partial charge in [-0.1, -0.05) is 29.3 Å². The second-order valence-electron chi connectivity index (χ2n) is 6.91. The van der Waals surface area contributed by atoms with Crippen molar-refractivity contribution in [1.82, 2.24) is 9.21 Å². The molecule has 0 aromatic heterocycles. The van der Waals surface area contributed by atoms with Gasteiger partial charge in [-0.15, -0.1) is 0 Å². The Bertz CT molecular complexity index is 1020. The van der Waals surface area contributed by atoms with Gasteiger partial charge in [0.1, 0.15) is 5.75 Å². The summed E-state index contributed by atoms with van der Waals surface area (Å²) < 4.78 is 31.7. The van der Waals surface area contributed by atoms with Crippen LogP contribution in [0, 0.1) is 0 Å². The maximum Gasteiger partial charge on any atom is 0.243 e. The Morgan fingerprint density at radius 2 is 1.80 bits per heavy atom. The van der Waals surface area contributed by atoms with E-state index in [4.69, 9.17) is 27.9 Å². The van der Waals surface area contributed by atoms with Crippen LogP contribution >= 0.6 is 23.2 Å². The van der Waals surface area contributed by atoms with Crippen LogP contribution in [0.2, 0.25) is 10.0 Å². The number of ether oxygens (including phenoxy) is 1. The molecule has 0 unspecified atom stereocenters. The fraction of sp³-hybridized carbons (Fsp3) is 0.350. The molecule has 162 valence electrons. The number of sulfonamides is 1. The molecule has 0 radical (unpaired) electrons. The largest absolute Gasteiger partial charge is 0.495 e. The fourth-order valence-electron chi connectivity index (χ4n) is 3.25. The van der Waals surface area contributed by atoms with E-state index in [1.807, 2.05) is 24.3 Å². The second-order valence-corrected chi connectivity index (χ2v) is 9.79. The highest BCUT2D eigenvalue weighted by Crippen LogP contribution is 2.28. The SMILES string of the molecule is COc1ccc(S(=O)(=O)N(C)CC(=O)N2CCN(c3cccc(Cl)c3)CC2)cc1Cl. The van der Waals surface area contributed by atoms with Crippen molar-refractivity contribution in [3.63, 3.8) is 0 Å². The lowest BCUT2D eigenvalue weighted by molar-refractivity contribution is -0.131. The number of amides is 1. The predicted molar refractivity (Wildman–Crippen MR) is 118 cm³/mol. The third-order valence-electron chi connectivity index (χ3n) is 5.00. The highest BCUT2D eigenvalue weighted by Gasteiger charge is 2.28. The number of nitrogens with zero attached hydrogens (tertiary/aromatic N) is 3. The normalized spacial score (nSPS) is 14.8. The lowest BCUT2D eigenvalue weighted by atomic mass is 10.2. The van der Waals surface area contributed by atoms with E-state index in [1.165, 1.54) is 32.4 Å². The van der Waals surface area contributed by atoms with Gasteiger partial charge in [-0.3, -0.25) is 4.79 Å². The Morgan fingerprint density at radius 1 is 1.10 bits per heavy atom. The van der Waals surface area contributed by atoms with E-state index >= 15 is 0 Å². The fourth-order valence-corrected chi connectivity index (χ4v) is 4.90. The van der Waals surface area contributed by atoms with Crippen LogP contribution < -0.4 is 9.64 Å². The third kappa shape index (κ3) is 5.00. The van der Waals surface area contributed by atoms with Crippen molar-refractivity contribution >= 4 is 44.8 Å². The number of hydrogen-bond donors (Lipinski definition) is 0. The molecule has 30 heavy (non-hydrogen) atoms. The molecule has 1 amide bonds. The number of anilines is 1. The van der Waals surface area contributed by atoms with E-state index in [0.29, 0.717) is 37.0 Å². The van der Waals surface area contributed by atoms with E-state index in [9.17, 15) is 13.2 Å². The van der Waals surface area contributed by atoms with Gasteiger partial charge in [0.05, 0.1) is 23.6 Å². The minimum Gasteiger partial charge on any atom is -0.495 e. The lowest BCUT2D eigenvalue weighted by Crippen LogP contribution is -2.51. The number of benzene rings is 2. The van der Waals surface area contributed by atoms with Crippen LogP contribution in [-0.4, -0.2) is 70.4 Å². The Morgan fingerprint density at radius 3 is 2.40 bits per heavy atom. The molecule has 1 heterocycles. The zero-order chi connectivity index (χ0) is 21.9. The van der Waals surface area contributed by atoms with Crippen molar-refractivity contribution in [2.45, 2.75) is 4.90 Å². The smallest absolute Gasteiger partial charge is 0.243 e. The number of methoxy groups -OCH3 is 1. The molecule has 0 saturated carbocycles. The number of piperazine rings is 1. The van der Waals surface area contributed by atoms with E-state index in [-0.39, 0.29) is 22.4 Å². The lowest BCUT2D eigenvalue weighted by Gasteiger charge is -2.36. The maximum atomic E-state index is 12.8. The summed E-state index contributed by atoms with van der Waals surface area (Å²) in [5.74, 6) is 0.137. The number of hydrogen-bond acceptors (Lipinski definition) is 5. The summed E-state index contributed by atoms with van der Waals surface area (Å²) in [5, 5.41) is 0.854. The topological polar surface area (TPSA) is 70.2 Å². The van der Waals surface area contributed by atoms with Crippen LogP contribution in [0.5, 0.6) is 5.75 Å². The Balaban J connectivity index is 1.61. The molecule has 10 heteroatoms. The molecule has 1 saturated heterocycles. The minimum absolute atomic E-state index is 0.00868. The number of likely N-dealkylation sites (N-methyl/N-ethyl adjacent to an activating group) is 1. The predicted octanol–water partition coefficient (Wildman–Crippen LogP) is 2.97. The Kier molecular flexibility index (Phi) is 7.13. The van der Waals surface area contributed by atoms with E-state index in [1.54, 1.807) is 4.90 Å². The molecule has 7 nitrogen and oxygen atoms in total. The van der Waals surface area contributed by atoms with Gasteiger partial charge in [-0.25, -0.2) is 8.42 Å². The van der Waals surface area contributed by atoms with Crippen LogP contribution in [0.3, 0.4) is 0 Å². The van der Waals surface area contributed by atoms with Crippen molar-refractivity contribution in [3.8, 4) is 5.75 Å². The molecule has 2 aromatic rings. The first-order valence-corrected chi connectivity index (χ1v) is 11.5. The number of rotatable bonds is 6. The molecule has 2 aromatic carbocycles. The van der Waals surface area contributed by atoms with Gasteiger partial charge >= 0.3 is 0 Å². The Labute approximate surface area is 186 Å². The van der Waals surface area contributed by atoms with Crippen LogP contribution in [0.1, 0.15) is 0 Å². The molecular formula is C20H23Cl2N3O4S. The summed E-state index contributed by atoms with van der Waals surface area (Å²) in [6, 6.07) is 11.8. The van der Waals surface area contributed by atoms with Crippen LogP contribution in [0.15, 0.2) is 47.4 Å². The molecule has 0 bridgehead atoms. The van der Waals surface area contributed by atoms with Crippen molar-refractivity contribution < 1.29 is 17.9 Å². The molecule has 1 fully saturated rings. The zero-order valence-corrected chi connectivity index (χ0v) is 19.0. The molecule has 1 aliphatic heterocycles. The summed E-state index contributed by atoms with van der Waals surface area (Å²) in [6.45, 7) is 2.07. The standard InChI is InChI=1S/C20H23Cl2N3O4S/c1-23(30(27,28)17-6-7-19(29-2)18(22)13-17)14-20(26)25-10-8-24(9-11-25)16-5-3-4-15(21)12-16/h3-7,12-13H,8-11,14H2,1-2H3. The summed E-state index contributed by atoms with van der Waals surface area (Å²) in [4.78, 5) is 16.5. The maximum absolute atomic E-state index is 12.8. The number of carbonyl (C=O) groups is 1. The van der Waals surface area contributed by atoms with E-state index < -0.39 is 10.0 Å².